The van der Waals surface area contributed by atoms with Crippen molar-refractivity contribution in [3.8, 4) is 0 Å². The molecule has 1 unspecified atom stereocenters. The lowest BCUT2D eigenvalue weighted by Crippen LogP contribution is -2.35. The first-order valence-electron chi connectivity index (χ1n) is 6.00. The summed E-state index contributed by atoms with van der Waals surface area (Å²) >= 11 is 0. The number of rotatable bonds is 4. The zero-order valence-electron chi connectivity index (χ0n) is 10.7. The first-order chi connectivity index (χ1) is 7.50. The number of hydrogen-bond acceptors (Lipinski definition) is 3. The second-order valence-electron chi connectivity index (χ2n) is 4.94. The van der Waals surface area contributed by atoms with Gasteiger partial charge in [0.1, 0.15) is 6.10 Å². The summed E-state index contributed by atoms with van der Waals surface area (Å²) in [5.41, 5.74) is 0. The van der Waals surface area contributed by atoms with Crippen molar-refractivity contribution >= 4 is 6.09 Å². The molecule has 0 bridgehead atoms. The van der Waals surface area contributed by atoms with Gasteiger partial charge in [-0.3, -0.25) is 0 Å². The van der Waals surface area contributed by atoms with Gasteiger partial charge in [0.05, 0.1) is 6.61 Å². The van der Waals surface area contributed by atoms with Gasteiger partial charge in [-0.05, 0) is 19.3 Å². The number of carbonyl (C=O) groups is 1. The van der Waals surface area contributed by atoms with Crippen LogP contribution in [-0.2, 0) is 9.47 Å². The summed E-state index contributed by atoms with van der Waals surface area (Å²) in [5, 5.41) is 0. The fourth-order valence-corrected chi connectivity index (χ4v) is 1.57. The molecule has 0 aromatic carbocycles. The number of carbonyl (C=O) groups excluding carboxylic acids is 1. The van der Waals surface area contributed by atoms with Gasteiger partial charge < -0.3 is 14.4 Å². The molecule has 1 saturated heterocycles. The van der Waals surface area contributed by atoms with E-state index >= 15 is 0 Å². The molecule has 4 nitrogen and oxygen atoms in total. The largest absolute Gasteiger partial charge is 0.446 e. The zero-order valence-corrected chi connectivity index (χ0v) is 10.7. The Morgan fingerprint density at radius 3 is 2.69 bits per heavy atom. The van der Waals surface area contributed by atoms with E-state index in [-0.39, 0.29) is 12.2 Å². The van der Waals surface area contributed by atoms with Gasteiger partial charge in [-0.1, -0.05) is 13.8 Å². The van der Waals surface area contributed by atoms with Crippen molar-refractivity contribution in [2.24, 2.45) is 11.8 Å². The predicted octanol–water partition coefficient (Wildman–Crippen LogP) is 2.14. The van der Waals surface area contributed by atoms with Gasteiger partial charge in [0.2, 0.25) is 0 Å². The van der Waals surface area contributed by atoms with Crippen LogP contribution in [0.2, 0.25) is 0 Å². The molecule has 1 amide bonds. The van der Waals surface area contributed by atoms with Gasteiger partial charge in [0.25, 0.3) is 0 Å². The second kappa shape index (κ2) is 6.09. The number of amides is 1. The minimum absolute atomic E-state index is 0.0326. The van der Waals surface area contributed by atoms with Crippen molar-refractivity contribution in [2.75, 3.05) is 26.8 Å². The summed E-state index contributed by atoms with van der Waals surface area (Å²) in [5.74, 6) is 0.819. The first-order valence-corrected chi connectivity index (χ1v) is 6.00. The van der Waals surface area contributed by atoms with Crippen LogP contribution >= 0.6 is 0 Å². The molecular weight excluding hydrogens is 206 g/mol. The maximum Gasteiger partial charge on any atom is 0.409 e. The van der Waals surface area contributed by atoms with Crippen LogP contribution in [0.3, 0.4) is 0 Å². The topological polar surface area (TPSA) is 38.8 Å². The summed E-state index contributed by atoms with van der Waals surface area (Å²) in [7, 11) is 1.79. The number of ether oxygens (including phenoxy) is 2. The van der Waals surface area contributed by atoms with E-state index in [1.54, 1.807) is 11.9 Å². The van der Waals surface area contributed by atoms with E-state index in [1.165, 1.54) is 0 Å². The lowest BCUT2D eigenvalue weighted by Gasteiger charge is -2.23. The lowest BCUT2D eigenvalue weighted by atomic mass is 10.1. The lowest BCUT2D eigenvalue weighted by molar-refractivity contribution is 0.0527. The molecule has 1 rings (SSSR count). The molecule has 1 aliphatic heterocycles. The van der Waals surface area contributed by atoms with Gasteiger partial charge in [0, 0.05) is 26.1 Å². The van der Waals surface area contributed by atoms with Crippen molar-refractivity contribution in [3.05, 3.63) is 0 Å². The molecule has 0 aromatic heterocycles. The van der Waals surface area contributed by atoms with Crippen molar-refractivity contribution < 1.29 is 14.3 Å². The predicted molar refractivity (Wildman–Crippen MR) is 62.3 cm³/mol. The Bertz CT molecular complexity index is 224. The first kappa shape index (κ1) is 13.3. The van der Waals surface area contributed by atoms with Gasteiger partial charge >= 0.3 is 6.09 Å². The smallest absolute Gasteiger partial charge is 0.409 e. The molecule has 1 aliphatic rings. The quantitative estimate of drug-likeness (QED) is 0.741. The van der Waals surface area contributed by atoms with Crippen LogP contribution in [0.15, 0.2) is 0 Å². The minimum Gasteiger partial charge on any atom is -0.446 e. The van der Waals surface area contributed by atoms with Crippen LogP contribution in [0, 0.1) is 11.8 Å². The van der Waals surface area contributed by atoms with E-state index < -0.39 is 0 Å². The maximum absolute atomic E-state index is 11.7. The molecule has 0 aromatic rings. The third kappa shape index (κ3) is 4.00. The van der Waals surface area contributed by atoms with E-state index in [0.29, 0.717) is 11.8 Å². The molecule has 1 heterocycles. The average molecular weight is 229 g/mol. The third-order valence-electron chi connectivity index (χ3n) is 3.09. The van der Waals surface area contributed by atoms with Crippen LogP contribution in [-0.4, -0.2) is 43.9 Å². The Morgan fingerprint density at radius 1 is 1.50 bits per heavy atom. The fourth-order valence-electron chi connectivity index (χ4n) is 1.57. The number of hydrogen-bond donors (Lipinski definition) is 0. The molecule has 0 spiro atoms. The Kier molecular flexibility index (Phi) is 5.06. The van der Waals surface area contributed by atoms with E-state index in [1.807, 2.05) is 20.8 Å². The van der Waals surface area contributed by atoms with Gasteiger partial charge in [-0.25, -0.2) is 4.79 Å². The van der Waals surface area contributed by atoms with Gasteiger partial charge in [-0.2, -0.15) is 0 Å². The summed E-state index contributed by atoms with van der Waals surface area (Å²) in [6.07, 6.45) is 0.778. The van der Waals surface area contributed by atoms with Crippen LogP contribution in [0.4, 0.5) is 4.79 Å². The molecule has 16 heavy (non-hydrogen) atoms. The molecule has 0 radical (unpaired) electrons. The molecule has 0 aliphatic carbocycles. The molecule has 4 heteroatoms. The average Bonchev–Trinajstić information content (AvgIpc) is 2.69. The minimum atomic E-state index is -0.229. The summed E-state index contributed by atoms with van der Waals surface area (Å²) < 4.78 is 10.6. The molecule has 0 N–H and O–H groups in total. The van der Waals surface area contributed by atoms with Gasteiger partial charge in [-0.15, -0.1) is 0 Å². The molecule has 2 atom stereocenters. The third-order valence-corrected chi connectivity index (χ3v) is 3.09. The Labute approximate surface area is 97.9 Å². The fraction of sp³-hybridized carbons (Fsp3) is 0.917. The summed E-state index contributed by atoms with van der Waals surface area (Å²) in [6, 6.07) is 0. The Balaban J connectivity index is 2.29. The number of nitrogens with zero attached hydrogens (tertiary/aromatic N) is 1. The molecule has 1 fully saturated rings. The summed E-state index contributed by atoms with van der Waals surface area (Å²) in [4.78, 5) is 13.4. The molecule has 0 saturated carbocycles. The standard InChI is InChI=1S/C12H23NO3/c1-9(2)10(3)16-12(14)13(4)7-11-5-6-15-8-11/h9-11H,5-8H2,1-4H3/t10-,11?/m0/s1. The van der Waals surface area contributed by atoms with Crippen molar-refractivity contribution in [1.82, 2.24) is 4.90 Å². The monoisotopic (exact) mass is 229 g/mol. The molecular formula is C12H23NO3. The van der Waals surface area contributed by atoms with Crippen molar-refractivity contribution in [1.29, 1.82) is 0 Å². The SMILES string of the molecule is CC(C)[C@H](C)OC(=O)N(C)CC1CCOC1. The van der Waals surface area contributed by atoms with E-state index in [0.717, 1.165) is 26.2 Å². The Morgan fingerprint density at radius 2 is 2.19 bits per heavy atom. The Hall–Kier alpha value is -0.770. The zero-order chi connectivity index (χ0) is 12.1. The molecule has 94 valence electrons. The highest BCUT2D eigenvalue weighted by Crippen LogP contribution is 2.14. The summed E-state index contributed by atoms with van der Waals surface area (Å²) in [6.45, 7) is 8.32. The van der Waals surface area contributed by atoms with Crippen LogP contribution in [0.25, 0.3) is 0 Å². The van der Waals surface area contributed by atoms with Crippen molar-refractivity contribution in [2.45, 2.75) is 33.3 Å². The second-order valence-corrected chi connectivity index (χ2v) is 4.94. The van der Waals surface area contributed by atoms with E-state index in [4.69, 9.17) is 9.47 Å². The highest BCUT2D eigenvalue weighted by atomic mass is 16.6. The van der Waals surface area contributed by atoms with Crippen LogP contribution < -0.4 is 0 Å². The van der Waals surface area contributed by atoms with E-state index in [9.17, 15) is 4.79 Å². The van der Waals surface area contributed by atoms with Gasteiger partial charge in [0.15, 0.2) is 0 Å². The van der Waals surface area contributed by atoms with Crippen molar-refractivity contribution in [3.63, 3.8) is 0 Å². The maximum atomic E-state index is 11.7. The van der Waals surface area contributed by atoms with Crippen LogP contribution in [0.1, 0.15) is 27.2 Å². The highest BCUT2D eigenvalue weighted by molar-refractivity contribution is 5.67. The van der Waals surface area contributed by atoms with Crippen LogP contribution in [0.5, 0.6) is 0 Å². The normalized spacial score (nSPS) is 22.2. The van der Waals surface area contributed by atoms with E-state index in [2.05, 4.69) is 0 Å². The highest BCUT2D eigenvalue weighted by Gasteiger charge is 2.22.